The van der Waals surface area contributed by atoms with E-state index in [1.807, 2.05) is 6.20 Å². The van der Waals surface area contributed by atoms with Crippen LogP contribution in [0, 0.1) is 11.8 Å². The Bertz CT molecular complexity index is 451. The van der Waals surface area contributed by atoms with Crippen LogP contribution in [-0.4, -0.2) is 24.6 Å². The van der Waals surface area contributed by atoms with Crippen molar-refractivity contribution in [3.05, 3.63) is 22.8 Å². The van der Waals surface area contributed by atoms with Crippen molar-refractivity contribution in [1.29, 1.82) is 0 Å². The maximum absolute atomic E-state index is 6.26. The van der Waals surface area contributed by atoms with E-state index < -0.39 is 0 Å². The Balaban J connectivity index is 1.69. The monoisotopic (exact) mass is 293 g/mol. The molecule has 4 heteroatoms. The number of pyridine rings is 1. The highest BCUT2D eigenvalue weighted by Gasteiger charge is 2.36. The van der Waals surface area contributed by atoms with Crippen LogP contribution in [-0.2, 0) is 6.54 Å². The van der Waals surface area contributed by atoms with Crippen LogP contribution < -0.4 is 10.2 Å². The Labute approximate surface area is 126 Å². The van der Waals surface area contributed by atoms with Gasteiger partial charge < -0.3 is 10.2 Å². The lowest BCUT2D eigenvalue weighted by Gasteiger charge is -2.19. The number of hydrogen-bond donors (Lipinski definition) is 1. The molecule has 2 unspecified atom stereocenters. The molecule has 1 aromatic heterocycles. The predicted molar refractivity (Wildman–Crippen MR) is 84.3 cm³/mol. The van der Waals surface area contributed by atoms with E-state index in [1.165, 1.54) is 37.9 Å². The summed E-state index contributed by atoms with van der Waals surface area (Å²) in [6, 6.07) is 2.17. The molecule has 0 spiro atoms. The van der Waals surface area contributed by atoms with Crippen molar-refractivity contribution in [3.8, 4) is 0 Å². The molecule has 1 N–H and O–H groups in total. The lowest BCUT2D eigenvalue weighted by molar-refractivity contribution is 0.494. The third kappa shape index (κ3) is 2.94. The Kier molecular flexibility index (Phi) is 4.47. The van der Waals surface area contributed by atoms with Crippen molar-refractivity contribution in [2.75, 3.05) is 24.5 Å². The number of anilines is 1. The Hall–Kier alpha value is -0.800. The van der Waals surface area contributed by atoms with E-state index in [9.17, 15) is 0 Å². The minimum Gasteiger partial charge on any atom is -0.356 e. The molecule has 20 heavy (non-hydrogen) atoms. The third-order valence-corrected chi connectivity index (χ3v) is 5.05. The topological polar surface area (TPSA) is 28.2 Å². The van der Waals surface area contributed by atoms with Gasteiger partial charge in [-0.1, -0.05) is 24.9 Å². The average molecular weight is 294 g/mol. The van der Waals surface area contributed by atoms with Crippen molar-refractivity contribution >= 4 is 17.4 Å². The largest absolute Gasteiger partial charge is 0.356 e. The highest BCUT2D eigenvalue weighted by atomic mass is 35.5. The number of aromatic nitrogens is 1. The first-order valence-corrected chi connectivity index (χ1v) is 8.25. The van der Waals surface area contributed by atoms with Gasteiger partial charge in [0.15, 0.2) is 0 Å². The van der Waals surface area contributed by atoms with Crippen molar-refractivity contribution in [2.24, 2.45) is 11.8 Å². The van der Waals surface area contributed by atoms with E-state index in [4.69, 9.17) is 11.6 Å². The van der Waals surface area contributed by atoms with Crippen LogP contribution in [0.5, 0.6) is 0 Å². The van der Waals surface area contributed by atoms with Crippen LogP contribution in [0.1, 0.15) is 38.2 Å². The predicted octanol–water partition coefficient (Wildman–Crippen LogP) is 3.47. The van der Waals surface area contributed by atoms with Crippen LogP contribution in [0.15, 0.2) is 12.3 Å². The zero-order valence-electron chi connectivity index (χ0n) is 12.2. The first-order chi connectivity index (χ1) is 9.78. The molecule has 0 radical (unpaired) electrons. The number of hydrogen-bond acceptors (Lipinski definition) is 3. The molecule has 1 saturated heterocycles. The summed E-state index contributed by atoms with van der Waals surface area (Å²) < 4.78 is 0. The van der Waals surface area contributed by atoms with Gasteiger partial charge in [0.1, 0.15) is 5.82 Å². The lowest BCUT2D eigenvalue weighted by Crippen LogP contribution is -2.22. The molecule has 1 aliphatic carbocycles. The van der Waals surface area contributed by atoms with Gasteiger partial charge in [-0.15, -0.1) is 0 Å². The number of halogens is 1. The number of rotatable bonds is 5. The standard InChI is InChI=1S/C16H24ClN3/c1-2-6-18-8-14-7-16(19-9-15(14)17)20-10-12-4-3-5-13(12)11-20/h7,9,12-13,18H,2-6,8,10-11H2,1H3. The van der Waals surface area contributed by atoms with Crippen molar-refractivity contribution in [1.82, 2.24) is 10.3 Å². The van der Waals surface area contributed by atoms with E-state index in [-0.39, 0.29) is 0 Å². The molecule has 2 atom stereocenters. The molecule has 1 aliphatic heterocycles. The Morgan fingerprint density at radius 1 is 1.35 bits per heavy atom. The second kappa shape index (κ2) is 6.31. The first kappa shape index (κ1) is 14.2. The van der Waals surface area contributed by atoms with E-state index in [0.717, 1.165) is 42.2 Å². The molecular weight excluding hydrogens is 270 g/mol. The summed E-state index contributed by atoms with van der Waals surface area (Å²) in [5, 5.41) is 4.19. The number of fused-ring (bicyclic) bond motifs is 1. The maximum atomic E-state index is 6.26. The van der Waals surface area contributed by atoms with E-state index in [1.54, 1.807) is 0 Å². The second-order valence-corrected chi connectivity index (χ2v) is 6.57. The Morgan fingerprint density at radius 2 is 2.10 bits per heavy atom. The summed E-state index contributed by atoms with van der Waals surface area (Å²) in [5.74, 6) is 2.90. The molecule has 0 aromatic carbocycles. The van der Waals surface area contributed by atoms with Gasteiger partial charge in [-0.05, 0) is 49.3 Å². The first-order valence-electron chi connectivity index (χ1n) is 7.88. The van der Waals surface area contributed by atoms with Crippen molar-refractivity contribution in [2.45, 2.75) is 39.2 Å². The minimum absolute atomic E-state index is 0.775. The fraction of sp³-hybridized carbons (Fsp3) is 0.688. The Morgan fingerprint density at radius 3 is 2.80 bits per heavy atom. The molecule has 3 nitrogen and oxygen atoms in total. The third-order valence-electron chi connectivity index (χ3n) is 4.71. The van der Waals surface area contributed by atoms with Crippen LogP contribution >= 0.6 is 11.6 Å². The lowest BCUT2D eigenvalue weighted by atomic mass is 10.0. The summed E-state index contributed by atoms with van der Waals surface area (Å²) in [6.45, 7) is 6.41. The summed E-state index contributed by atoms with van der Waals surface area (Å²) in [5.41, 5.74) is 1.17. The number of nitrogens with one attached hydrogen (secondary N) is 1. The molecule has 2 fully saturated rings. The summed E-state index contributed by atoms with van der Waals surface area (Å²) in [7, 11) is 0. The number of nitrogens with zero attached hydrogens (tertiary/aromatic N) is 2. The minimum atomic E-state index is 0.775. The summed E-state index contributed by atoms with van der Waals surface area (Å²) in [4.78, 5) is 7.00. The molecule has 2 heterocycles. The van der Waals surface area contributed by atoms with Gasteiger partial charge in [0.05, 0.1) is 5.02 Å². The SMILES string of the molecule is CCCNCc1cc(N2CC3CCCC3C2)ncc1Cl. The van der Waals surface area contributed by atoms with E-state index in [2.05, 4.69) is 28.2 Å². The van der Waals surface area contributed by atoms with Crippen LogP contribution in [0.25, 0.3) is 0 Å². The van der Waals surface area contributed by atoms with Gasteiger partial charge >= 0.3 is 0 Å². The van der Waals surface area contributed by atoms with Gasteiger partial charge in [0.2, 0.25) is 0 Å². The van der Waals surface area contributed by atoms with Crippen molar-refractivity contribution in [3.63, 3.8) is 0 Å². The van der Waals surface area contributed by atoms with Crippen molar-refractivity contribution < 1.29 is 0 Å². The molecule has 1 saturated carbocycles. The molecule has 0 amide bonds. The molecule has 2 aliphatic rings. The van der Waals surface area contributed by atoms with Crippen LogP contribution in [0.4, 0.5) is 5.82 Å². The van der Waals surface area contributed by atoms with Gasteiger partial charge in [-0.2, -0.15) is 0 Å². The molecule has 110 valence electrons. The smallest absolute Gasteiger partial charge is 0.128 e. The van der Waals surface area contributed by atoms with Crippen LogP contribution in [0.2, 0.25) is 5.02 Å². The highest BCUT2D eigenvalue weighted by Crippen LogP contribution is 2.39. The van der Waals surface area contributed by atoms with Gasteiger partial charge in [-0.3, -0.25) is 0 Å². The zero-order chi connectivity index (χ0) is 13.9. The zero-order valence-corrected chi connectivity index (χ0v) is 13.0. The van der Waals surface area contributed by atoms with Gasteiger partial charge in [-0.25, -0.2) is 4.98 Å². The average Bonchev–Trinajstić information content (AvgIpc) is 3.02. The van der Waals surface area contributed by atoms with Crippen LogP contribution in [0.3, 0.4) is 0 Å². The maximum Gasteiger partial charge on any atom is 0.128 e. The summed E-state index contributed by atoms with van der Waals surface area (Å²) >= 11 is 6.26. The molecule has 1 aromatic rings. The molecule has 3 rings (SSSR count). The van der Waals surface area contributed by atoms with Gasteiger partial charge in [0.25, 0.3) is 0 Å². The summed E-state index contributed by atoms with van der Waals surface area (Å²) in [6.07, 6.45) is 7.18. The second-order valence-electron chi connectivity index (χ2n) is 6.17. The highest BCUT2D eigenvalue weighted by molar-refractivity contribution is 6.31. The van der Waals surface area contributed by atoms with E-state index in [0.29, 0.717) is 0 Å². The normalized spacial score (nSPS) is 25.2. The fourth-order valence-corrected chi connectivity index (χ4v) is 3.77. The van der Waals surface area contributed by atoms with Gasteiger partial charge in [0, 0.05) is 25.8 Å². The van der Waals surface area contributed by atoms with E-state index >= 15 is 0 Å². The molecular formula is C16H24ClN3. The molecule has 0 bridgehead atoms. The fourth-order valence-electron chi connectivity index (χ4n) is 3.60. The quantitative estimate of drug-likeness (QED) is 0.843.